The largest absolute Gasteiger partial charge is 0.303 e. The summed E-state index contributed by atoms with van der Waals surface area (Å²) in [5, 5.41) is 8.53. The maximum absolute atomic E-state index is 8.53. The van der Waals surface area contributed by atoms with Crippen LogP contribution in [0.1, 0.15) is 5.69 Å². The van der Waals surface area contributed by atoms with Crippen molar-refractivity contribution in [2.75, 3.05) is 0 Å². The highest BCUT2D eigenvalue weighted by atomic mass is 15.0. The molecular formula is C9H7N3. The van der Waals surface area contributed by atoms with Crippen LogP contribution in [0.2, 0.25) is 0 Å². The molecule has 3 heteroatoms. The number of imidazole rings is 1. The molecule has 3 nitrogen and oxygen atoms in total. The normalized spacial score (nSPS) is 9.92. The number of fused-ring (bicyclic) bond motifs is 1. The molecule has 2 rings (SSSR count). The first-order valence-electron chi connectivity index (χ1n) is 3.70. The Labute approximate surface area is 69.9 Å². The second kappa shape index (κ2) is 2.67. The van der Waals surface area contributed by atoms with Gasteiger partial charge < -0.3 is 4.40 Å². The number of rotatable bonds is 1. The molecule has 0 radical (unpaired) electrons. The fourth-order valence-electron chi connectivity index (χ4n) is 1.23. The Morgan fingerprint density at radius 2 is 2.42 bits per heavy atom. The highest BCUT2D eigenvalue weighted by Crippen LogP contribution is 2.05. The summed E-state index contributed by atoms with van der Waals surface area (Å²) in [5.74, 6) is 0. The van der Waals surface area contributed by atoms with Crippen molar-refractivity contribution in [3.05, 3.63) is 36.3 Å². The molecule has 0 aliphatic heterocycles. The van der Waals surface area contributed by atoms with Gasteiger partial charge in [0, 0.05) is 18.1 Å². The summed E-state index contributed by atoms with van der Waals surface area (Å²) >= 11 is 0. The Kier molecular flexibility index (Phi) is 1.52. The zero-order valence-electron chi connectivity index (χ0n) is 6.44. The SMILES string of the molecule is N#CCc1cccc2nccn12. The van der Waals surface area contributed by atoms with Crippen LogP contribution >= 0.6 is 0 Å². The van der Waals surface area contributed by atoms with Gasteiger partial charge in [0.05, 0.1) is 12.5 Å². The summed E-state index contributed by atoms with van der Waals surface area (Å²) in [6.07, 6.45) is 4.02. The minimum atomic E-state index is 0.424. The highest BCUT2D eigenvalue weighted by Gasteiger charge is 1.97. The molecule has 2 aromatic rings. The van der Waals surface area contributed by atoms with Gasteiger partial charge in [0.15, 0.2) is 0 Å². The van der Waals surface area contributed by atoms with Crippen molar-refractivity contribution in [1.82, 2.24) is 9.38 Å². The number of hydrogen-bond donors (Lipinski definition) is 0. The molecule has 12 heavy (non-hydrogen) atoms. The quantitative estimate of drug-likeness (QED) is 0.627. The van der Waals surface area contributed by atoms with Crippen molar-refractivity contribution >= 4 is 5.65 Å². The molecule has 0 saturated heterocycles. The molecule has 0 amide bonds. The van der Waals surface area contributed by atoms with E-state index >= 15 is 0 Å². The fraction of sp³-hybridized carbons (Fsp3) is 0.111. The molecule has 0 spiro atoms. The predicted molar refractivity (Wildman–Crippen MR) is 44.5 cm³/mol. The Bertz CT molecular complexity index is 436. The zero-order chi connectivity index (χ0) is 8.39. The number of hydrogen-bond acceptors (Lipinski definition) is 2. The van der Waals surface area contributed by atoms with Crippen LogP contribution in [-0.4, -0.2) is 9.38 Å². The second-order valence-electron chi connectivity index (χ2n) is 2.51. The lowest BCUT2D eigenvalue weighted by molar-refractivity contribution is 1.04. The maximum Gasteiger partial charge on any atom is 0.136 e. The van der Waals surface area contributed by atoms with E-state index in [4.69, 9.17) is 5.26 Å². The molecule has 58 valence electrons. The van der Waals surface area contributed by atoms with Crippen LogP contribution in [0.4, 0.5) is 0 Å². The Balaban J connectivity index is 2.67. The van der Waals surface area contributed by atoms with E-state index in [1.165, 1.54) is 0 Å². The van der Waals surface area contributed by atoms with Crippen LogP contribution in [0.3, 0.4) is 0 Å². The monoisotopic (exact) mass is 157 g/mol. The lowest BCUT2D eigenvalue weighted by Gasteiger charge is -1.98. The molecule has 0 N–H and O–H groups in total. The van der Waals surface area contributed by atoms with Gasteiger partial charge in [0.1, 0.15) is 5.65 Å². The van der Waals surface area contributed by atoms with Gasteiger partial charge in [-0.1, -0.05) is 6.07 Å². The van der Waals surface area contributed by atoms with Crippen molar-refractivity contribution in [3.8, 4) is 6.07 Å². The van der Waals surface area contributed by atoms with E-state index in [0.29, 0.717) is 6.42 Å². The summed E-state index contributed by atoms with van der Waals surface area (Å²) in [6, 6.07) is 7.88. The third kappa shape index (κ3) is 0.940. The molecule has 0 fully saturated rings. The number of nitriles is 1. The molecule has 2 aromatic heterocycles. The maximum atomic E-state index is 8.53. The molecule has 0 atom stereocenters. The minimum absolute atomic E-state index is 0.424. The van der Waals surface area contributed by atoms with Crippen molar-refractivity contribution in [3.63, 3.8) is 0 Å². The van der Waals surface area contributed by atoms with Crippen molar-refractivity contribution in [1.29, 1.82) is 5.26 Å². The van der Waals surface area contributed by atoms with Crippen LogP contribution in [-0.2, 0) is 6.42 Å². The Hall–Kier alpha value is -1.82. The molecule has 0 unspecified atom stereocenters. The number of aromatic nitrogens is 2. The van der Waals surface area contributed by atoms with Gasteiger partial charge in [-0.15, -0.1) is 0 Å². The average Bonchev–Trinajstić information content (AvgIpc) is 2.53. The molecule has 2 heterocycles. The fourth-order valence-corrected chi connectivity index (χ4v) is 1.23. The van der Waals surface area contributed by atoms with Gasteiger partial charge in [0.25, 0.3) is 0 Å². The minimum Gasteiger partial charge on any atom is -0.303 e. The summed E-state index contributed by atoms with van der Waals surface area (Å²) in [6.45, 7) is 0. The topological polar surface area (TPSA) is 41.1 Å². The molecule has 0 bridgehead atoms. The van der Waals surface area contributed by atoms with Crippen LogP contribution < -0.4 is 0 Å². The van der Waals surface area contributed by atoms with Crippen LogP contribution in [0.25, 0.3) is 5.65 Å². The van der Waals surface area contributed by atoms with Crippen molar-refractivity contribution in [2.24, 2.45) is 0 Å². The van der Waals surface area contributed by atoms with E-state index in [1.807, 2.05) is 28.8 Å². The van der Waals surface area contributed by atoms with Gasteiger partial charge in [-0.3, -0.25) is 0 Å². The van der Waals surface area contributed by atoms with Gasteiger partial charge in [-0.2, -0.15) is 5.26 Å². The Morgan fingerprint density at radius 3 is 3.25 bits per heavy atom. The Morgan fingerprint density at radius 1 is 1.50 bits per heavy atom. The highest BCUT2D eigenvalue weighted by molar-refractivity contribution is 5.40. The van der Waals surface area contributed by atoms with Crippen molar-refractivity contribution in [2.45, 2.75) is 6.42 Å². The van der Waals surface area contributed by atoms with E-state index in [-0.39, 0.29) is 0 Å². The lowest BCUT2D eigenvalue weighted by atomic mass is 10.3. The standard InChI is InChI=1S/C9H7N3/c10-5-4-8-2-1-3-9-11-6-7-12(8)9/h1-3,6-7H,4H2. The second-order valence-corrected chi connectivity index (χ2v) is 2.51. The third-order valence-corrected chi connectivity index (χ3v) is 1.77. The first-order chi connectivity index (χ1) is 5.92. The molecular weight excluding hydrogens is 150 g/mol. The smallest absolute Gasteiger partial charge is 0.136 e. The number of pyridine rings is 1. The van der Waals surface area contributed by atoms with E-state index in [1.54, 1.807) is 6.20 Å². The average molecular weight is 157 g/mol. The van der Waals surface area contributed by atoms with Crippen LogP contribution in [0.5, 0.6) is 0 Å². The van der Waals surface area contributed by atoms with E-state index < -0.39 is 0 Å². The summed E-state index contributed by atoms with van der Waals surface area (Å²) in [7, 11) is 0. The van der Waals surface area contributed by atoms with Gasteiger partial charge in [0.2, 0.25) is 0 Å². The van der Waals surface area contributed by atoms with E-state index in [0.717, 1.165) is 11.3 Å². The first-order valence-corrected chi connectivity index (χ1v) is 3.70. The summed E-state index contributed by atoms with van der Waals surface area (Å²) in [4.78, 5) is 4.12. The van der Waals surface area contributed by atoms with E-state index in [9.17, 15) is 0 Å². The molecule has 0 aromatic carbocycles. The van der Waals surface area contributed by atoms with Gasteiger partial charge in [-0.05, 0) is 12.1 Å². The summed E-state index contributed by atoms with van der Waals surface area (Å²) in [5.41, 5.74) is 1.87. The molecule has 0 saturated carbocycles. The zero-order valence-corrected chi connectivity index (χ0v) is 6.44. The molecule has 0 aliphatic carbocycles. The van der Waals surface area contributed by atoms with Gasteiger partial charge >= 0.3 is 0 Å². The van der Waals surface area contributed by atoms with Crippen LogP contribution in [0.15, 0.2) is 30.6 Å². The van der Waals surface area contributed by atoms with Gasteiger partial charge in [-0.25, -0.2) is 4.98 Å². The van der Waals surface area contributed by atoms with Crippen molar-refractivity contribution < 1.29 is 0 Å². The summed E-state index contributed by atoms with van der Waals surface area (Å²) < 4.78 is 1.92. The lowest BCUT2D eigenvalue weighted by Crippen LogP contribution is -1.93. The first kappa shape index (κ1) is 6.86. The molecule has 0 aliphatic rings. The third-order valence-electron chi connectivity index (χ3n) is 1.77. The van der Waals surface area contributed by atoms with Crippen LogP contribution in [0, 0.1) is 11.3 Å². The predicted octanol–water partition coefficient (Wildman–Crippen LogP) is 1.40. The number of nitrogens with zero attached hydrogens (tertiary/aromatic N) is 3. The van der Waals surface area contributed by atoms with E-state index in [2.05, 4.69) is 11.1 Å².